The van der Waals surface area contributed by atoms with Crippen LogP contribution in [0.25, 0.3) is 0 Å². The second-order valence-electron chi connectivity index (χ2n) is 6.81. The lowest BCUT2D eigenvalue weighted by atomic mass is 10.0. The molecule has 8 nitrogen and oxygen atoms in total. The minimum absolute atomic E-state index is 0.0530. The first-order valence-corrected chi connectivity index (χ1v) is 9.54. The third kappa shape index (κ3) is 6.30. The Labute approximate surface area is 179 Å². The van der Waals surface area contributed by atoms with Gasteiger partial charge in [-0.1, -0.05) is 32.0 Å². The fourth-order valence-electron chi connectivity index (χ4n) is 2.62. The summed E-state index contributed by atoms with van der Waals surface area (Å²) in [6.45, 7) is 3.88. The van der Waals surface area contributed by atoms with Crippen LogP contribution in [-0.2, 0) is 9.47 Å². The van der Waals surface area contributed by atoms with Gasteiger partial charge in [-0.15, -0.1) is 0 Å². The minimum Gasteiger partial charge on any atom is -0.457 e. The van der Waals surface area contributed by atoms with Crippen molar-refractivity contribution in [1.82, 2.24) is 9.97 Å². The number of nitrogens with zero attached hydrogens (tertiary/aromatic N) is 2. The number of benzene rings is 2. The smallest absolute Gasteiger partial charge is 0.457 e. The second-order valence-corrected chi connectivity index (χ2v) is 6.81. The molecule has 0 saturated carbocycles. The highest BCUT2D eigenvalue weighted by Crippen LogP contribution is 2.24. The molecule has 0 aliphatic rings. The Hall–Kier alpha value is -3.88. The summed E-state index contributed by atoms with van der Waals surface area (Å²) in [5.74, 6) is 0.475. The van der Waals surface area contributed by atoms with Gasteiger partial charge in [0.2, 0.25) is 12.7 Å². The lowest BCUT2D eigenvalue weighted by Gasteiger charge is -2.12. The number of carbonyl (C=O) groups excluding carboxylic acids is 1. The van der Waals surface area contributed by atoms with E-state index in [9.17, 15) is 9.18 Å². The number of anilines is 4. The standard InChI is InChI=1S/C22H23FN4O4/c1-14(2)15-6-4-7-16(10-15)25-20-19(23)12-24-21(27-20)26-17-8-5-9-18(11-17)30-13-31-22(28)29-3/h4-12,14H,13H2,1-3H3,(H2,24,25,26,27). The van der Waals surface area contributed by atoms with E-state index < -0.39 is 12.0 Å². The van der Waals surface area contributed by atoms with Crippen LogP contribution in [0.5, 0.6) is 5.75 Å². The van der Waals surface area contributed by atoms with E-state index in [1.165, 1.54) is 7.11 Å². The minimum atomic E-state index is -0.840. The van der Waals surface area contributed by atoms with Crippen LogP contribution in [0.4, 0.5) is 32.3 Å². The Morgan fingerprint density at radius 2 is 1.84 bits per heavy atom. The molecule has 0 unspecified atom stereocenters. The number of hydrogen-bond donors (Lipinski definition) is 2. The SMILES string of the molecule is COC(=O)OCOc1cccc(Nc2ncc(F)c(Nc3cccc(C(C)C)c3)n2)c1. The first kappa shape index (κ1) is 21.8. The van der Waals surface area contributed by atoms with Gasteiger partial charge in [0.15, 0.2) is 11.6 Å². The van der Waals surface area contributed by atoms with Crippen LogP contribution in [0.2, 0.25) is 0 Å². The number of nitrogens with one attached hydrogen (secondary N) is 2. The zero-order valence-corrected chi connectivity index (χ0v) is 17.4. The van der Waals surface area contributed by atoms with Crippen LogP contribution < -0.4 is 15.4 Å². The third-order valence-corrected chi connectivity index (χ3v) is 4.22. The van der Waals surface area contributed by atoms with Crippen LogP contribution >= 0.6 is 0 Å². The number of methoxy groups -OCH3 is 1. The van der Waals surface area contributed by atoms with Gasteiger partial charge < -0.3 is 24.8 Å². The van der Waals surface area contributed by atoms with E-state index in [0.717, 1.165) is 17.4 Å². The molecule has 3 rings (SSSR count). The molecule has 0 aliphatic heterocycles. The Balaban J connectivity index is 1.70. The maximum absolute atomic E-state index is 14.3. The number of aromatic nitrogens is 2. The quantitative estimate of drug-likeness (QED) is 0.368. The highest BCUT2D eigenvalue weighted by Gasteiger charge is 2.09. The topological polar surface area (TPSA) is 94.6 Å². The molecule has 162 valence electrons. The maximum Gasteiger partial charge on any atom is 0.510 e. The molecule has 0 amide bonds. The van der Waals surface area contributed by atoms with Crippen molar-refractivity contribution < 1.29 is 23.4 Å². The molecule has 0 spiro atoms. The summed E-state index contributed by atoms with van der Waals surface area (Å²) < 4.78 is 28.6. The average Bonchev–Trinajstić information content (AvgIpc) is 2.76. The zero-order valence-electron chi connectivity index (χ0n) is 17.4. The van der Waals surface area contributed by atoms with E-state index in [2.05, 4.69) is 43.9 Å². The van der Waals surface area contributed by atoms with Crippen molar-refractivity contribution in [2.75, 3.05) is 24.5 Å². The first-order chi connectivity index (χ1) is 14.9. The normalized spacial score (nSPS) is 10.5. The van der Waals surface area contributed by atoms with Crippen LogP contribution in [0.15, 0.2) is 54.7 Å². The van der Waals surface area contributed by atoms with Crippen molar-refractivity contribution in [3.8, 4) is 5.75 Å². The van der Waals surface area contributed by atoms with Crippen molar-refractivity contribution in [3.63, 3.8) is 0 Å². The van der Waals surface area contributed by atoms with E-state index in [4.69, 9.17) is 4.74 Å². The number of halogens is 1. The van der Waals surface area contributed by atoms with E-state index in [0.29, 0.717) is 17.4 Å². The summed E-state index contributed by atoms with van der Waals surface area (Å²) in [6.07, 6.45) is 0.252. The van der Waals surface area contributed by atoms with E-state index in [1.807, 2.05) is 24.3 Å². The molecule has 0 aliphatic carbocycles. The van der Waals surface area contributed by atoms with Crippen LogP contribution in [0.1, 0.15) is 25.3 Å². The summed E-state index contributed by atoms with van der Waals surface area (Å²) in [6, 6.07) is 14.6. The van der Waals surface area contributed by atoms with Crippen LogP contribution in [0.3, 0.4) is 0 Å². The van der Waals surface area contributed by atoms with Crippen molar-refractivity contribution in [2.24, 2.45) is 0 Å². The van der Waals surface area contributed by atoms with Gasteiger partial charge in [0.05, 0.1) is 13.3 Å². The largest absolute Gasteiger partial charge is 0.510 e. The van der Waals surface area contributed by atoms with Gasteiger partial charge in [-0.3, -0.25) is 0 Å². The maximum atomic E-state index is 14.3. The first-order valence-electron chi connectivity index (χ1n) is 9.54. The van der Waals surface area contributed by atoms with Gasteiger partial charge in [-0.25, -0.2) is 14.2 Å². The van der Waals surface area contributed by atoms with Crippen LogP contribution in [-0.4, -0.2) is 30.0 Å². The van der Waals surface area contributed by atoms with Gasteiger partial charge in [0.1, 0.15) is 5.75 Å². The summed E-state index contributed by atoms with van der Waals surface area (Å²) in [5, 5.41) is 5.99. The molecule has 0 atom stereocenters. The van der Waals surface area contributed by atoms with E-state index >= 15 is 0 Å². The summed E-state index contributed by atoms with van der Waals surface area (Å²) >= 11 is 0. The Kier molecular flexibility index (Phi) is 7.21. The molecule has 9 heteroatoms. The fraction of sp³-hybridized carbons (Fsp3) is 0.227. The molecule has 2 aromatic carbocycles. The summed E-state index contributed by atoms with van der Waals surface area (Å²) in [7, 11) is 1.21. The molecule has 31 heavy (non-hydrogen) atoms. The molecule has 1 heterocycles. The summed E-state index contributed by atoms with van der Waals surface area (Å²) in [4.78, 5) is 19.2. The van der Waals surface area contributed by atoms with Gasteiger partial charge in [0.25, 0.3) is 0 Å². The number of hydrogen-bond acceptors (Lipinski definition) is 8. The molecule has 0 bridgehead atoms. The molecule has 2 N–H and O–H groups in total. The molecule has 0 fully saturated rings. The van der Waals surface area contributed by atoms with Gasteiger partial charge >= 0.3 is 6.16 Å². The average molecular weight is 426 g/mol. The fourth-order valence-corrected chi connectivity index (χ4v) is 2.62. The van der Waals surface area contributed by atoms with Crippen molar-refractivity contribution in [2.45, 2.75) is 19.8 Å². The Morgan fingerprint density at radius 3 is 2.58 bits per heavy atom. The van der Waals surface area contributed by atoms with E-state index in [-0.39, 0.29) is 18.6 Å². The third-order valence-electron chi connectivity index (χ3n) is 4.22. The predicted molar refractivity (Wildman–Crippen MR) is 115 cm³/mol. The number of carbonyl (C=O) groups is 1. The predicted octanol–water partition coefficient (Wildman–Crippen LogP) is 5.35. The second kappa shape index (κ2) is 10.2. The van der Waals surface area contributed by atoms with Gasteiger partial charge in [-0.2, -0.15) is 4.98 Å². The summed E-state index contributed by atoms with van der Waals surface area (Å²) in [5.41, 5.74) is 2.47. The van der Waals surface area contributed by atoms with Crippen LogP contribution in [0, 0.1) is 5.82 Å². The number of rotatable bonds is 8. The Bertz CT molecular complexity index is 1050. The lowest BCUT2D eigenvalue weighted by Crippen LogP contribution is -2.10. The highest BCUT2D eigenvalue weighted by molar-refractivity contribution is 5.61. The van der Waals surface area contributed by atoms with Crippen molar-refractivity contribution >= 4 is 29.3 Å². The van der Waals surface area contributed by atoms with E-state index in [1.54, 1.807) is 24.3 Å². The molecule has 0 radical (unpaired) electrons. The molecule has 0 saturated heterocycles. The molecule has 3 aromatic rings. The zero-order chi connectivity index (χ0) is 22.2. The lowest BCUT2D eigenvalue weighted by molar-refractivity contribution is 0.0150. The number of ether oxygens (including phenoxy) is 3. The monoisotopic (exact) mass is 426 g/mol. The Morgan fingerprint density at radius 1 is 1.10 bits per heavy atom. The van der Waals surface area contributed by atoms with Gasteiger partial charge in [-0.05, 0) is 35.7 Å². The molecular formula is C22H23FN4O4. The van der Waals surface area contributed by atoms with Crippen molar-refractivity contribution in [1.29, 1.82) is 0 Å². The molecular weight excluding hydrogens is 403 g/mol. The highest BCUT2D eigenvalue weighted by atomic mass is 19.1. The molecule has 1 aromatic heterocycles. The van der Waals surface area contributed by atoms with Gasteiger partial charge in [0, 0.05) is 17.4 Å². The van der Waals surface area contributed by atoms with Crippen molar-refractivity contribution in [3.05, 3.63) is 66.1 Å².